The van der Waals surface area contributed by atoms with Gasteiger partial charge in [0.25, 0.3) is 0 Å². The van der Waals surface area contributed by atoms with Crippen LogP contribution in [0.2, 0.25) is 0 Å². The minimum atomic E-state index is 0.422. The van der Waals surface area contributed by atoms with E-state index in [1.165, 1.54) is 0 Å². The number of para-hydroxylation sites is 1. The van der Waals surface area contributed by atoms with E-state index >= 15 is 0 Å². The van der Waals surface area contributed by atoms with Gasteiger partial charge in [-0.25, -0.2) is 0 Å². The van der Waals surface area contributed by atoms with Crippen molar-refractivity contribution < 1.29 is 13.1 Å². The van der Waals surface area contributed by atoms with Crippen LogP contribution in [0, 0.1) is 0 Å². The molecule has 4 nitrogen and oxygen atoms in total. The molecule has 8 heteroatoms. The fourth-order valence-corrected chi connectivity index (χ4v) is 2.32. The third-order valence-corrected chi connectivity index (χ3v) is 3.45. The van der Waals surface area contributed by atoms with Crippen molar-refractivity contribution in [3.8, 4) is 0 Å². The standard InChI is InChI=1S/C19H16N4S.2ClH.Cu/c24-19(21-16-11-5-2-6-12-16)23-22-18(15-9-3-1-4-10-15)17-13-7-8-14-20-17;;;/h1-14H,(H2,21,23,24);2*1H;/q;;;+2/p-2/b22-18+;;;. The molecular formula is C19H16Cl2CuN4S. The first-order valence-electron chi connectivity index (χ1n) is 7.72. The van der Waals surface area contributed by atoms with Gasteiger partial charge >= 0.3 is 33.3 Å². The zero-order valence-electron chi connectivity index (χ0n) is 13.9. The summed E-state index contributed by atoms with van der Waals surface area (Å²) in [5.74, 6) is 0. The number of nitrogens with zero attached hydrogens (tertiary/aromatic N) is 2. The van der Waals surface area contributed by atoms with Gasteiger partial charge in [0.15, 0.2) is 5.11 Å². The molecule has 3 aromatic rings. The van der Waals surface area contributed by atoms with Crippen molar-refractivity contribution in [3.63, 3.8) is 0 Å². The average Bonchev–Trinajstić information content (AvgIpc) is 2.71. The first kappa shape index (κ1) is 21.4. The van der Waals surface area contributed by atoms with E-state index in [2.05, 4.69) is 41.0 Å². The number of halogens is 2. The predicted octanol–water partition coefficient (Wildman–Crippen LogP) is 5.20. The number of hydrazone groups is 1. The number of hydrogen-bond donors (Lipinski definition) is 2. The van der Waals surface area contributed by atoms with Crippen LogP contribution in [0.4, 0.5) is 5.69 Å². The number of thiocarbonyl (C=S) groups is 1. The Hall–Kier alpha value is -1.95. The molecule has 0 unspecified atom stereocenters. The van der Waals surface area contributed by atoms with Crippen LogP contribution in [-0.4, -0.2) is 15.8 Å². The number of nitrogens with one attached hydrogen (secondary N) is 2. The first-order chi connectivity index (χ1) is 13.2. The number of pyridine rings is 1. The molecule has 0 fully saturated rings. The van der Waals surface area contributed by atoms with Crippen LogP contribution in [0.3, 0.4) is 0 Å². The molecule has 143 valence electrons. The van der Waals surface area contributed by atoms with Crippen molar-refractivity contribution in [2.24, 2.45) is 5.10 Å². The molecular weight excluding hydrogens is 451 g/mol. The molecule has 3 rings (SSSR count). The van der Waals surface area contributed by atoms with Crippen LogP contribution >= 0.6 is 32.4 Å². The Kier molecular flexibility index (Phi) is 9.84. The fourth-order valence-electron chi connectivity index (χ4n) is 2.16. The first-order valence-corrected chi connectivity index (χ1v) is 10.7. The summed E-state index contributed by atoms with van der Waals surface area (Å²) in [4.78, 5) is 4.38. The zero-order valence-corrected chi connectivity index (χ0v) is 17.2. The summed E-state index contributed by atoms with van der Waals surface area (Å²) in [7, 11) is 9.34. The Morgan fingerprint density at radius 1 is 0.889 bits per heavy atom. The second-order valence-corrected chi connectivity index (χ2v) is 6.98. The van der Waals surface area contributed by atoms with Gasteiger partial charge < -0.3 is 5.32 Å². The molecule has 2 aromatic carbocycles. The fraction of sp³-hybridized carbons (Fsp3) is 0. The van der Waals surface area contributed by atoms with Crippen molar-refractivity contribution in [3.05, 3.63) is 96.3 Å². The van der Waals surface area contributed by atoms with Crippen molar-refractivity contribution >= 4 is 48.9 Å². The quantitative estimate of drug-likeness (QED) is 0.240. The third-order valence-electron chi connectivity index (χ3n) is 3.26. The van der Waals surface area contributed by atoms with Gasteiger partial charge in [0, 0.05) is 17.4 Å². The van der Waals surface area contributed by atoms with Gasteiger partial charge in [0.1, 0.15) is 5.71 Å². The third kappa shape index (κ3) is 7.67. The molecule has 0 amide bonds. The van der Waals surface area contributed by atoms with Crippen LogP contribution in [0.1, 0.15) is 11.3 Å². The van der Waals surface area contributed by atoms with Crippen LogP contribution in [0.5, 0.6) is 0 Å². The van der Waals surface area contributed by atoms with Crippen LogP contribution < -0.4 is 10.7 Å². The topological polar surface area (TPSA) is 49.3 Å². The van der Waals surface area contributed by atoms with E-state index in [-0.39, 0.29) is 0 Å². The summed E-state index contributed by atoms with van der Waals surface area (Å²) < 4.78 is 0. The van der Waals surface area contributed by atoms with Gasteiger partial charge in [-0.05, 0) is 36.5 Å². The molecule has 2 N–H and O–H groups in total. The van der Waals surface area contributed by atoms with E-state index in [0.717, 1.165) is 35.8 Å². The van der Waals surface area contributed by atoms with E-state index in [4.69, 9.17) is 12.2 Å². The van der Waals surface area contributed by atoms with E-state index in [0.29, 0.717) is 5.11 Å². The molecule has 0 bridgehead atoms. The number of anilines is 1. The predicted molar refractivity (Wildman–Crippen MR) is 114 cm³/mol. The second kappa shape index (κ2) is 12.4. The maximum absolute atomic E-state index is 5.30. The summed E-state index contributed by atoms with van der Waals surface area (Å²) in [6.45, 7) is 0. The number of aromatic nitrogens is 1. The normalized spacial score (nSPS) is 10.5. The molecule has 0 radical (unpaired) electrons. The van der Waals surface area contributed by atoms with Gasteiger partial charge in [-0.2, -0.15) is 5.10 Å². The number of benzene rings is 2. The molecule has 0 spiro atoms. The number of hydrogen-bond acceptors (Lipinski definition) is 3. The Morgan fingerprint density at radius 3 is 2.07 bits per heavy atom. The number of rotatable bonds is 4. The maximum atomic E-state index is 5.30. The molecule has 0 aliphatic rings. The molecule has 1 heterocycles. The molecule has 1 aromatic heterocycles. The van der Waals surface area contributed by atoms with E-state index < -0.39 is 0 Å². The minimum absolute atomic E-state index is 0.422. The Labute approximate surface area is 178 Å². The van der Waals surface area contributed by atoms with Crippen molar-refractivity contribution in [1.82, 2.24) is 10.4 Å². The van der Waals surface area contributed by atoms with E-state index in [1.807, 2.05) is 78.9 Å². The zero-order chi connectivity index (χ0) is 19.3. The molecule has 0 aliphatic carbocycles. The molecule has 27 heavy (non-hydrogen) atoms. The second-order valence-electron chi connectivity index (χ2n) is 5.02. The monoisotopic (exact) mass is 465 g/mol. The van der Waals surface area contributed by atoms with Gasteiger partial charge in [0.2, 0.25) is 0 Å². The SMILES string of the molecule is S=C(N/N=C(\c1ccccc1)c1ccccn1)Nc1ccccc1.[Cl][Cu][Cl]. The Bertz CT molecular complexity index is 808. The van der Waals surface area contributed by atoms with Gasteiger partial charge in [-0.3, -0.25) is 10.4 Å². The van der Waals surface area contributed by atoms with Crippen LogP contribution in [-0.2, 0) is 13.1 Å². The summed E-state index contributed by atoms with van der Waals surface area (Å²) in [5, 5.41) is 7.98. The van der Waals surface area contributed by atoms with Crippen LogP contribution in [0.25, 0.3) is 0 Å². The van der Waals surface area contributed by atoms with E-state index in [9.17, 15) is 0 Å². The summed E-state index contributed by atoms with van der Waals surface area (Å²) in [6.07, 6.45) is 1.74. The summed E-state index contributed by atoms with van der Waals surface area (Å²) in [6, 6.07) is 25.3. The van der Waals surface area contributed by atoms with Crippen molar-refractivity contribution in [1.29, 1.82) is 0 Å². The van der Waals surface area contributed by atoms with Crippen LogP contribution in [0.15, 0.2) is 90.2 Å². The summed E-state index contributed by atoms with van der Waals surface area (Å²) in [5.41, 5.74) is 6.27. The molecule has 0 saturated heterocycles. The van der Waals surface area contributed by atoms with Crippen molar-refractivity contribution in [2.45, 2.75) is 0 Å². The van der Waals surface area contributed by atoms with E-state index in [1.54, 1.807) is 6.20 Å². The van der Waals surface area contributed by atoms with Gasteiger partial charge in [-0.1, -0.05) is 54.6 Å². The van der Waals surface area contributed by atoms with Gasteiger partial charge in [-0.15, -0.1) is 0 Å². The summed E-state index contributed by atoms with van der Waals surface area (Å²) >= 11 is 6.06. The molecule has 0 atom stereocenters. The molecule has 0 aliphatic heterocycles. The Balaban J connectivity index is 0.000000817. The average molecular weight is 467 g/mol. The van der Waals surface area contributed by atoms with Crippen molar-refractivity contribution in [2.75, 3.05) is 5.32 Å². The van der Waals surface area contributed by atoms with Gasteiger partial charge in [0.05, 0.1) is 5.69 Å². The molecule has 0 saturated carbocycles. The Morgan fingerprint density at radius 2 is 1.48 bits per heavy atom.